The molecule has 0 bridgehead atoms. The zero-order valence-electron chi connectivity index (χ0n) is 23.0. The van der Waals surface area contributed by atoms with E-state index < -0.39 is 47.6 Å². The molecule has 1 aliphatic heterocycles. The van der Waals surface area contributed by atoms with E-state index in [1.807, 2.05) is 6.08 Å². The first-order valence-corrected chi connectivity index (χ1v) is 12.9. The van der Waals surface area contributed by atoms with Gasteiger partial charge < -0.3 is 25.0 Å². The average molecular weight is 518 g/mol. The first-order chi connectivity index (χ1) is 17.3. The van der Waals surface area contributed by atoms with Crippen LogP contribution in [0.15, 0.2) is 37.5 Å². The predicted octanol–water partition coefficient (Wildman–Crippen LogP) is 3.51. The van der Waals surface area contributed by atoms with Crippen molar-refractivity contribution in [2.45, 2.75) is 84.0 Å². The smallest absolute Gasteiger partial charge is 0.408 e. The van der Waals surface area contributed by atoms with E-state index in [1.165, 1.54) is 24.2 Å². The fourth-order valence-electron chi connectivity index (χ4n) is 5.09. The zero-order chi connectivity index (χ0) is 28.0. The minimum absolute atomic E-state index is 0.0546. The van der Waals surface area contributed by atoms with Crippen LogP contribution < -0.4 is 10.6 Å². The maximum Gasteiger partial charge on any atom is 0.408 e. The summed E-state index contributed by atoms with van der Waals surface area (Å²) in [6.45, 7) is 17.1. The number of nitrogens with zero attached hydrogens (tertiary/aromatic N) is 1. The highest BCUT2D eigenvalue weighted by Gasteiger charge is 2.69. The van der Waals surface area contributed by atoms with Crippen LogP contribution in [0.1, 0.15) is 60.3 Å². The number of fused-ring (bicyclic) bond motifs is 1. The Morgan fingerprint density at radius 2 is 1.81 bits per heavy atom. The van der Waals surface area contributed by atoms with Gasteiger partial charge in [0, 0.05) is 6.54 Å². The molecule has 1 saturated carbocycles. The Labute approximate surface area is 220 Å². The molecule has 37 heavy (non-hydrogen) atoms. The van der Waals surface area contributed by atoms with Crippen LogP contribution in [0.25, 0.3) is 0 Å². The molecule has 5 atom stereocenters. The SMILES string of the molecule is C=C/C=C\[C@H](NC(=O)OC(C)(C)C)C(=O)N1CC2C([C@H]1C(=O)N[C@@H](CCCCC=C)C(=O)OC)C2(C)C. The first kappa shape index (κ1) is 30.1. The van der Waals surface area contributed by atoms with Crippen molar-refractivity contribution in [3.05, 3.63) is 37.5 Å². The van der Waals surface area contributed by atoms with Crippen molar-refractivity contribution in [1.82, 2.24) is 15.5 Å². The van der Waals surface area contributed by atoms with Crippen LogP contribution in [-0.4, -0.2) is 66.2 Å². The molecule has 2 unspecified atom stereocenters. The number of hydrogen-bond donors (Lipinski definition) is 2. The number of unbranched alkanes of at least 4 members (excludes halogenated alkanes) is 2. The van der Waals surface area contributed by atoms with E-state index >= 15 is 0 Å². The van der Waals surface area contributed by atoms with Gasteiger partial charge in [0.2, 0.25) is 11.8 Å². The Morgan fingerprint density at radius 1 is 1.14 bits per heavy atom. The molecular weight excluding hydrogens is 474 g/mol. The summed E-state index contributed by atoms with van der Waals surface area (Å²) in [5, 5.41) is 5.44. The molecular formula is C28H43N3O6. The van der Waals surface area contributed by atoms with Crippen molar-refractivity contribution in [1.29, 1.82) is 0 Å². The van der Waals surface area contributed by atoms with Crippen molar-refractivity contribution >= 4 is 23.9 Å². The van der Waals surface area contributed by atoms with Gasteiger partial charge in [0.1, 0.15) is 23.7 Å². The molecule has 0 spiro atoms. The van der Waals surface area contributed by atoms with Gasteiger partial charge in [-0.05, 0) is 57.3 Å². The molecule has 2 aliphatic rings. The van der Waals surface area contributed by atoms with Gasteiger partial charge in [-0.15, -0.1) is 6.58 Å². The second-order valence-corrected chi connectivity index (χ2v) is 11.3. The van der Waals surface area contributed by atoms with Crippen LogP contribution in [0, 0.1) is 17.3 Å². The van der Waals surface area contributed by atoms with Crippen LogP contribution in [0.3, 0.4) is 0 Å². The molecule has 2 rings (SSSR count). The van der Waals surface area contributed by atoms with E-state index in [-0.39, 0.29) is 17.3 Å². The van der Waals surface area contributed by atoms with E-state index in [0.717, 1.165) is 12.8 Å². The molecule has 1 heterocycles. The number of piperidine rings is 1. The lowest BCUT2D eigenvalue weighted by molar-refractivity contribution is -0.147. The summed E-state index contributed by atoms with van der Waals surface area (Å²) in [6, 6.07) is -2.62. The topological polar surface area (TPSA) is 114 Å². The van der Waals surface area contributed by atoms with Gasteiger partial charge in [-0.1, -0.05) is 51.2 Å². The number of allylic oxidation sites excluding steroid dienone is 3. The monoisotopic (exact) mass is 517 g/mol. The number of ether oxygens (including phenoxy) is 2. The summed E-state index contributed by atoms with van der Waals surface area (Å²) in [5.74, 6) is -1.25. The fraction of sp³-hybridized carbons (Fsp3) is 0.643. The number of amides is 3. The minimum Gasteiger partial charge on any atom is -0.467 e. The Hall–Kier alpha value is -3.10. The highest BCUT2D eigenvalue weighted by molar-refractivity contribution is 5.95. The van der Waals surface area contributed by atoms with Gasteiger partial charge in [0.05, 0.1) is 7.11 Å². The van der Waals surface area contributed by atoms with Crippen LogP contribution in [-0.2, 0) is 23.9 Å². The van der Waals surface area contributed by atoms with E-state index in [1.54, 1.807) is 26.8 Å². The van der Waals surface area contributed by atoms with Crippen molar-refractivity contribution in [3.63, 3.8) is 0 Å². The quantitative estimate of drug-likeness (QED) is 0.177. The lowest BCUT2D eigenvalue weighted by Crippen LogP contribution is -2.57. The first-order valence-electron chi connectivity index (χ1n) is 12.9. The van der Waals surface area contributed by atoms with Crippen LogP contribution in [0.4, 0.5) is 4.79 Å². The van der Waals surface area contributed by atoms with Gasteiger partial charge in [-0.3, -0.25) is 9.59 Å². The van der Waals surface area contributed by atoms with Gasteiger partial charge in [-0.2, -0.15) is 0 Å². The fourth-order valence-corrected chi connectivity index (χ4v) is 5.09. The third-order valence-electron chi connectivity index (χ3n) is 7.09. The predicted molar refractivity (Wildman–Crippen MR) is 141 cm³/mol. The molecule has 0 radical (unpaired) electrons. The molecule has 0 aromatic heterocycles. The number of carbonyl (C=O) groups excluding carboxylic acids is 4. The van der Waals surface area contributed by atoms with Crippen LogP contribution >= 0.6 is 0 Å². The molecule has 1 saturated heterocycles. The molecule has 9 heteroatoms. The standard InChI is InChI=1S/C28H43N3O6/c1-9-11-13-14-16-20(25(34)36-8)29-23(32)22-21-18(28(21,6)7)17-31(22)24(33)19(15-12-10-2)30-26(35)37-27(3,4)5/h9-10,12,15,18-22H,1-2,11,13-14,16-17H2,3-8H3,(H,29,32)(H,30,35)/b15-12-/t18?,19-,20-,21?,22-/m0/s1. The normalized spacial score (nSPS) is 23.4. The number of carbonyl (C=O) groups is 4. The third kappa shape index (κ3) is 7.69. The van der Waals surface area contributed by atoms with Crippen molar-refractivity contribution in [2.24, 2.45) is 17.3 Å². The molecule has 9 nitrogen and oxygen atoms in total. The van der Waals surface area contributed by atoms with Gasteiger partial charge in [-0.25, -0.2) is 9.59 Å². The molecule has 1 aliphatic carbocycles. The summed E-state index contributed by atoms with van der Waals surface area (Å²) >= 11 is 0. The van der Waals surface area contributed by atoms with Gasteiger partial charge >= 0.3 is 12.1 Å². The number of rotatable bonds is 12. The molecule has 0 aromatic rings. The van der Waals surface area contributed by atoms with E-state index in [2.05, 4.69) is 37.6 Å². The summed E-state index contributed by atoms with van der Waals surface area (Å²) in [7, 11) is 1.29. The average Bonchev–Trinajstić information content (AvgIpc) is 3.15. The van der Waals surface area contributed by atoms with Gasteiger partial charge in [0.25, 0.3) is 0 Å². The second-order valence-electron chi connectivity index (χ2n) is 11.3. The summed E-state index contributed by atoms with van der Waals surface area (Å²) in [5.41, 5.74) is -0.856. The number of nitrogens with one attached hydrogen (secondary N) is 2. The van der Waals surface area contributed by atoms with E-state index in [9.17, 15) is 19.2 Å². The van der Waals surface area contributed by atoms with E-state index in [4.69, 9.17) is 9.47 Å². The maximum atomic E-state index is 13.7. The Morgan fingerprint density at radius 3 is 2.38 bits per heavy atom. The van der Waals surface area contributed by atoms with Crippen LogP contribution in [0.5, 0.6) is 0 Å². The van der Waals surface area contributed by atoms with E-state index in [0.29, 0.717) is 19.4 Å². The molecule has 2 N–H and O–H groups in total. The Bertz CT molecular complexity index is 919. The Balaban J connectivity index is 2.24. The van der Waals surface area contributed by atoms with Gasteiger partial charge in [0.15, 0.2) is 0 Å². The summed E-state index contributed by atoms with van der Waals surface area (Å²) in [4.78, 5) is 53.6. The number of alkyl carbamates (subject to hydrolysis) is 1. The highest BCUT2D eigenvalue weighted by atomic mass is 16.6. The molecule has 2 fully saturated rings. The largest absolute Gasteiger partial charge is 0.467 e. The van der Waals surface area contributed by atoms with Crippen molar-refractivity contribution in [3.8, 4) is 0 Å². The number of esters is 1. The highest BCUT2D eigenvalue weighted by Crippen LogP contribution is 2.64. The van der Waals surface area contributed by atoms with Crippen molar-refractivity contribution < 1.29 is 28.7 Å². The molecule has 3 amide bonds. The van der Waals surface area contributed by atoms with Crippen molar-refractivity contribution in [2.75, 3.05) is 13.7 Å². The third-order valence-corrected chi connectivity index (χ3v) is 7.09. The number of methoxy groups -OCH3 is 1. The maximum absolute atomic E-state index is 13.7. The summed E-state index contributed by atoms with van der Waals surface area (Å²) in [6.07, 6.45) is 8.44. The second kappa shape index (κ2) is 12.4. The lowest BCUT2D eigenvalue weighted by Gasteiger charge is -2.33. The van der Waals surface area contributed by atoms with Crippen LogP contribution in [0.2, 0.25) is 0 Å². The zero-order valence-corrected chi connectivity index (χ0v) is 23.0. The number of hydrogen-bond acceptors (Lipinski definition) is 6. The summed E-state index contributed by atoms with van der Waals surface area (Å²) < 4.78 is 10.2. The molecule has 0 aromatic carbocycles. The molecule has 206 valence electrons. The lowest BCUT2D eigenvalue weighted by atomic mass is 9.99. The Kier molecular flexibility index (Phi) is 10.1. The minimum atomic E-state index is -1.04. The number of likely N-dealkylation sites (tertiary alicyclic amines) is 1.